The van der Waals surface area contributed by atoms with Crippen molar-refractivity contribution in [2.24, 2.45) is 0 Å². The lowest BCUT2D eigenvalue weighted by Crippen LogP contribution is -2.40. The standard InChI is InChI=1S/C16H13BrN4O3/c1-16(14(23)20-15(24)21-16)10-3-2-4-12(6-10)19-13(22)9-5-11(17)8-18-7-9/h2-8H,1H3,(H,19,22)(H2,20,21,23,24). The number of carbonyl (C=O) groups is 3. The van der Waals surface area contributed by atoms with Gasteiger partial charge in [0.1, 0.15) is 5.54 Å². The number of nitrogens with zero attached hydrogens (tertiary/aromatic N) is 1. The number of aromatic nitrogens is 1. The first-order valence-electron chi connectivity index (χ1n) is 7.04. The molecular weight excluding hydrogens is 376 g/mol. The number of hydrogen-bond donors (Lipinski definition) is 3. The van der Waals surface area contributed by atoms with Crippen LogP contribution in [0.5, 0.6) is 0 Å². The van der Waals surface area contributed by atoms with Gasteiger partial charge in [0.05, 0.1) is 5.56 Å². The van der Waals surface area contributed by atoms with E-state index in [1.54, 1.807) is 43.5 Å². The molecule has 1 aliphatic rings. The van der Waals surface area contributed by atoms with E-state index in [0.717, 1.165) is 0 Å². The molecule has 0 aliphatic carbocycles. The summed E-state index contributed by atoms with van der Waals surface area (Å²) in [5.41, 5.74) is 0.298. The minimum absolute atomic E-state index is 0.328. The Bertz CT molecular complexity index is 855. The Labute approximate surface area is 146 Å². The van der Waals surface area contributed by atoms with E-state index in [1.807, 2.05) is 0 Å². The molecule has 1 saturated heterocycles. The number of benzene rings is 1. The summed E-state index contributed by atoms with van der Waals surface area (Å²) in [5, 5.41) is 7.54. The Morgan fingerprint density at radius 2 is 2.04 bits per heavy atom. The SMILES string of the molecule is CC1(c2cccc(NC(=O)c3cncc(Br)c3)c2)NC(=O)NC1=O. The second kappa shape index (κ2) is 6.04. The van der Waals surface area contributed by atoms with E-state index in [0.29, 0.717) is 21.3 Å². The summed E-state index contributed by atoms with van der Waals surface area (Å²) in [6, 6.07) is 7.86. The van der Waals surface area contributed by atoms with Crippen LogP contribution in [-0.4, -0.2) is 22.8 Å². The van der Waals surface area contributed by atoms with Crippen LogP contribution in [0.1, 0.15) is 22.8 Å². The van der Waals surface area contributed by atoms with E-state index < -0.39 is 17.5 Å². The fourth-order valence-corrected chi connectivity index (χ4v) is 2.76. The van der Waals surface area contributed by atoms with Crippen LogP contribution in [0.25, 0.3) is 0 Å². The summed E-state index contributed by atoms with van der Waals surface area (Å²) in [6.07, 6.45) is 3.04. The number of amides is 4. The number of pyridine rings is 1. The van der Waals surface area contributed by atoms with Crippen molar-refractivity contribution in [3.8, 4) is 0 Å². The van der Waals surface area contributed by atoms with E-state index in [-0.39, 0.29) is 5.91 Å². The summed E-state index contributed by atoms with van der Waals surface area (Å²) in [7, 11) is 0. The Morgan fingerprint density at radius 1 is 1.25 bits per heavy atom. The zero-order valence-corrected chi connectivity index (χ0v) is 14.2. The molecule has 2 aromatic rings. The van der Waals surface area contributed by atoms with Crippen LogP contribution in [0, 0.1) is 0 Å². The predicted molar refractivity (Wildman–Crippen MR) is 90.4 cm³/mol. The summed E-state index contributed by atoms with van der Waals surface area (Å²) in [5.74, 6) is -0.766. The lowest BCUT2D eigenvalue weighted by atomic mass is 9.92. The Kier molecular flexibility index (Phi) is 4.06. The maximum Gasteiger partial charge on any atom is 0.322 e. The zero-order chi connectivity index (χ0) is 17.3. The van der Waals surface area contributed by atoms with E-state index in [4.69, 9.17) is 0 Å². The van der Waals surface area contributed by atoms with Crippen molar-refractivity contribution in [3.63, 3.8) is 0 Å². The van der Waals surface area contributed by atoms with E-state index in [9.17, 15) is 14.4 Å². The van der Waals surface area contributed by atoms with Crippen molar-refractivity contribution in [1.82, 2.24) is 15.6 Å². The van der Waals surface area contributed by atoms with Crippen LogP contribution in [0.2, 0.25) is 0 Å². The van der Waals surface area contributed by atoms with Gasteiger partial charge in [-0.3, -0.25) is 19.9 Å². The number of anilines is 1. The molecule has 1 unspecified atom stereocenters. The molecule has 1 aliphatic heterocycles. The maximum atomic E-state index is 12.3. The molecule has 1 fully saturated rings. The molecule has 0 radical (unpaired) electrons. The highest BCUT2D eigenvalue weighted by Crippen LogP contribution is 2.26. The van der Waals surface area contributed by atoms with E-state index in [2.05, 4.69) is 36.9 Å². The topological polar surface area (TPSA) is 100 Å². The Morgan fingerprint density at radius 3 is 2.71 bits per heavy atom. The summed E-state index contributed by atoms with van der Waals surface area (Å²) >= 11 is 3.26. The van der Waals surface area contributed by atoms with Crippen LogP contribution >= 0.6 is 15.9 Å². The molecule has 3 rings (SSSR count). The molecule has 2 heterocycles. The van der Waals surface area contributed by atoms with Gasteiger partial charge in [0.2, 0.25) is 0 Å². The highest BCUT2D eigenvalue weighted by atomic mass is 79.9. The highest BCUT2D eigenvalue weighted by molar-refractivity contribution is 9.10. The molecule has 0 saturated carbocycles. The molecule has 1 aromatic heterocycles. The molecule has 122 valence electrons. The number of imide groups is 1. The van der Waals surface area contributed by atoms with Gasteiger partial charge >= 0.3 is 6.03 Å². The van der Waals surface area contributed by atoms with Gasteiger partial charge in [0, 0.05) is 22.6 Å². The number of hydrogen-bond acceptors (Lipinski definition) is 4. The first-order chi connectivity index (χ1) is 11.4. The summed E-state index contributed by atoms with van der Waals surface area (Å²) in [4.78, 5) is 39.6. The summed E-state index contributed by atoms with van der Waals surface area (Å²) in [6.45, 7) is 1.60. The maximum absolute atomic E-state index is 12.3. The van der Waals surface area contributed by atoms with Crippen LogP contribution in [0.3, 0.4) is 0 Å². The van der Waals surface area contributed by atoms with Crippen molar-refractivity contribution in [2.75, 3.05) is 5.32 Å². The molecule has 0 bridgehead atoms. The van der Waals surface area contributed by atoms with Crippen molar-refractivity contribution in [2.45, 2.75) is 12.5 Å². The van der Waals surface area contributed by atoms with Crippen molar-refractivity contribution < 1.29 is 14.4 Å². The number of halogens is 1. The van der Waals surface area contributed by atoms with Crippen LogP contribution < -0.4 is 16.0 Å². The quantitative estimate of drug-likeness (QED) is 0.701. The van der Waals surface area contributed by atoms with Gasteiger partial charge in [-0.25, -0.2) is 4.79 Å². The van der Waals surface area contributed by atoms with Gasteiger partial charge in [0.15, 0.2) is 0 Å². The third kappa shape index (κ3) is 3.00. The molecule has 1 atom stereocenters. The van der Waals surface area contributed by atoms with Gasteiger partial charge in [-0.1, -0.05) is 12.1 Å². The third-order valence-corrected chi connectivity index (χ3v) is 4.14. The molecule has 7 nitrogen and oxygen atoms in total. The zero-order valence-electron chi connectivity index (χ0n) is 12.6. The van der Waals surface area contributed by atoms with Gasteiger partial charge < -0.3 is 10.6 Å². The Hall–Kier alpha value is -2.74. The normalized spacial score (nSPS) is 19.6. The summed E-state index contributed by atoms with van der Waals surface area (Å²) < 4.78 is 0.696. The van der Waals surface area contributed by atoms with E-state index >= 15 is 0 Å². The van der Waals surface area contributed by atoms with Crippen molar-refractivity contribution >= 4 is 39.5 Å². The van der Waals surface area contributed by atoms with E-state index in [1.165, 1.54) is 6.20 Å². The van der Waals surface area contributed by atoms with Gasteiger partial charge in [-0.05, 0) is 46.6 Å². The minimum atomic E-state index is -1.17. The molecule has 4 amide bonds. The predicted octanol–water partition coefficient (Wildman–Crippen LogP) is 2.15. The number of urea groups is 1. The number of nitrogens with one attached hydrogen (secondary N) is 3. The fraction of sp³-hybridized carbons (Fsp3) is 0.125. The average molecular weight is 389 g/mol. The Balaban J connectivity index is 1.85. The molecule has 0 spiro atoms. The largest absolute Gasteiger partial charge is 0.322 e. The highest BCUT2D eigenvalue weighted by Gasteiger charge is 2.43. The number of carbonyl (C=O) groups excluding carboxylic acids is 3. The fourth-order valence-electron chi connectivity index (χ4n) is 2.39. The first kappa shape index (κ1) is 16.1. The third-order valence-electron chi connectivity index (χ3n) is 3.71. The molecule has 3 N–H and O–H groups in total. The van der Waals surface area contributed by atoms with Gasteiger partial charge in [0.25, 0.3) is 11.8 Å². The van der Waals surface area contributed by atoms with Crippen LogP contribution in [0.15, 0.2) is 47.2 Å². The first-order valence-corrected chi connectivity index (χ1v) is 7.84. The second-order valence-corrected chi connectivity index (χ2v) is 6.38. The lowest BCUT2D eigenvalue weighted by Gasteiger charge is -2.21. The van der Waals surface area contributed by atoms with Crippen LogP contribution in [0.4, 0.5) is 10.5 Å². The van der Waals surface area contributed by atoms with Gasteiger partial charge in [-0.15, -0.1) is 0 Å². The van der Waals surface area contributed by atoms with Crippen molar-refractivity contribution in [3.05, 3.63) is 58.3 Å². The number of rotatable bonds is 3. The smallest absolute Gasteiger partial charge is 0.322 e. The van der Waals surface area contributed by atoms with Crippen LogP contribution in [-0.2, 0) is 10.3 Å². The van der Waals surface area contributed by atoms with Gasteiger partial charge in [-0.2, -0.15) is 0 Å². The second-order valence-electron chi connectivity index (χ2n) is 5.46. The lowest BCUT2D eigenvalue weighted by molar-refractivity contribution is -0.123. The minimum Gasteiger partial charge on any atom is -0.322 e. The monoisotopic (exact) mass is 388 g/mol. The average Bonchev–Trinajstić information content (AvgIpc) is 2.81. The molecular formula is C16H13BrN4O3. The van der Waals surface area contributed by atoms with Crippen molar-refractivity contribution in [1.29, 1.82) is 0 Å². The molecule has 1 aromatic carbocycles. The molecule has 8 heteroatoms. The molecule has 24 heavy (non-hydrogen) atoms.